The van der Waals surface area contributed by atoms with E-state index in [0.29, 0.717) is 23.9 Å². The monoisotopic (exact) mass is 379 g/mol. The Kier molecular flexibility index (Phi) is 5.12. The highest BCUT2D eigenvalue weighted by Crippen LogP contribution is 2.48. The zero-order valence-corrected chi connectivity index (χ0v) is 17.5. The first-order chi connectivity index (χ1) is 12.9. The molecule has 0 unspecified atom stereocenters. The smallest absolute Gasteiger partial charge is 0.228 e. The van der Waals surface area contributed by atoms with Gasteiger partial charge in [0.1, 0.15) is 0 Å². The van der Waals surface area contributed by atoms with E-state index in [1.54, 1.807) is 0 Å². The quantitative estimate of drug-likeness (QED) is 0.714. The standard InChI is InChI=1S/C24H30NOP/c1-24(2,3)23(26)25-19-15-14-18(16-19)22(25)17-27(20-10-6-4-7-11-20)21-12-8-5-9-13-21/h4-13,18-19,22H,14-17H2,1-3H3/t18-,19+,22+/m1/s1. The van der Waals surface area contributed by atoms with E-state index in [4.69, 9.17) is 0 Å². The molecule has 3 atom stereocenters. The minimum Gasteiger partial charge on any atom is -0.336 e. The number of hydrogen-bond acceptors (Lipinski definition) is 1. The molecule has 1 aliphatic carbocycles. The number of carbonyl (C=O) groups is 1. The lowest BCUT2D eigenvalue weighted by molar-refractivity contribution is -0.143. The lowest BCUT2D eigenvalue weighted by atomic mass is 9.91. The van der Waals surface area contributed by atoms with Crippen molar-refractivity contribution in [3.05, 3.63) is 60.7 Å². The molecule has 0 spiro atoms. The maximum atomic E-state index is 13.3. The van der Waals surface area contributed by atoms with Gasteiger partial charge in [0.05, 0.1) is 0 Å². The second kappa shape index (κ2) is 7.40. The fraction of sp³-hybridized carbons (Fsp3) is 0.458. The van der Waals surface area contributed by atoms with Gasteiger partial charge in [0.2, 0.25) is 5.91 Å². The second-order valence-corrected chi connectivity index (χ2v) is 11.3. The Hall–Kier alpha value is -1.66. The van der Waals surface area contributed by atoms with Crippen molar-refractivity contribution in [3.8, 4) is 0 Å². The summed E-state index contributed by atoms with van der Waals surface area (Å²) >= 11 is 0. The molecule has 2 aromatic carbocycles. The lowest BCUT2D eigenvalue weighted by Gasteiger charge is -2.40. The minimum absolute atomic E-state index is 0.301. The van der Waals surface area contributed by atoms with Crippen LogP contribution in [0.4, 0.5) is 0 Å². The van der Waals surface area contributed by atoms with E-state index in [0.717, 1.165) is 6.16 Å². The fourth-order valence-electron chi connectivity index (χ4n) is 4.80. The van der Waals surface area contributed by atoms with Crippen molar-refractivity contribution in [2.75, 3.05) is 6.16 Å². The van der Waals surface area contributed by atoms with Crippen molar-refractivity contribution in [1.29, 1.82) is 0 Å². The highest BCUT2D eigenvalue weighted by Gasteiger charge is 2.50. The van der Waals surface area contributed by atoms with Crippen LogP contribution in [0.15, 0.2) is 60.7 Å². The van der Waals surface area contributed by atoms with Crippen LogP contribution in [0, 0.1) is 11.3 Å². The summed E-state index contributed by atoms with van der Waals surface area (Å²) < 4.78 is 0. The average molecular weight is 379 g/mol. The summed E-state index contributed by atoms with van der Waals surface area (Å²) in [5.74, 6) is 1.02. The minimum atomic E-state index is -0.455. The normalized spacial score (nSPS) is 24.6. The Bertz CT molecular complexity index is 744. The maximum Gasteiger partial charge on any atom is 0.228 e. The molecule has 0 N–H and O–H groups in total. The molecule has 4 rings (SSSR count). The van der Waals surface area contributed by atoms with Gasteiger partial charge in [-0.1, -0.05) is 81.4 Å². The van der Waals surface area contributed by atoms with Gasteiger partial charge in [-0.25, -0.2) is 0 Å². The topological polar surface area (TPSA) is 20.3 Å². The molecule has 27 heavy (non-hydrogen) atoms. The molecule has 0 radical (unpaired) electrons. The molecule has 142 valence electrons. The van der Waals surface area contributed by atoms with E-state index in [-0.39, 0.29) is 5.41 Å². The first-order valence-electron chi connectivity index (χ1n) is 10.2. The van der Waals surface area contributed by atoms with E-state index in [1.165, 1.54) is 29.9 Å². The molecule has 2 aliphatic rings. The summed E-state index contributed by atoms with van der Waals surface area (Å²) in [6.45, 7) is 6.20. The van der Waals surface area contributed by atoms with Crippen molar-refractivity contribution in [2.45, 2.75) is 52.1 Å². The second-order valence-electron chi connectivity index (χ2n) is 9.04. The first-order valence-corrected chi connectivity index (χ1v) is 11.7. The van der Waals surface area contributed by atoms with Crippen LogP contribution in [0.25, 0.3) is 0 Å². The summed E-state index contributed by atoms with van der Waals surface area (Å²) in [4.78, 5) is 15.6. The fourth-order valence-corrected chi connectivity index (χ4v) is 7.43. The SMILES string of the molecule is CC(C)(C)C(=O)N1[C@H]2CC[C@H](C2)[C@@H]1CP(c1ccccc1)c1ccccc1. The van der Waals surface area contributed by atoms with Crippen LogP contribution < -0.4 is 10.6 Å². The zero-order valence-electron chi connectivity index (χ0n) is 16.6. The van der Waals surface area contributed by atoms with Gasteiger partial charge in [0, 0.05) is 17.5 Å². The molecule has 0 aromatic heterocycles. The molecule has 1 saturated carbocycles. The third-order valence-corrected chi connectivity index (χ3v) is 8.70. The van der Waals surface area contributed by atoms with Crippen molar-refractivity contribution >= 4 is 24.4 Å². The van der Waals surface area contributed by atoms with Gasteiger partial charge >= 0.3 is 0 Å². The van der Waals surface area contributed by atoms with Crippen LogP contribution in [0.1, 0.15) is 40.0 Å². The number of carbonyl (C=O) groups excluding carboxylic acids is 1. The Labute approximate surface area is 164 Å². The van der Waals surface area contributed by atoms with Crippen LogP contribution in [0.5, 0.6) is 0 Å². The van der Waals surface area contributed by atoms with Gasteiger partial charge < -0.3 is 4.90 Å². The maximum absolute atomic E-state index is 13.3. The van der Waals surface area contributed by atoms with Crippen LogP contribution in [-0.2, 0) is 4.79 Å². The van der Waals surface area contributed by atoms with Crippen LogP contribution in [0.3, 0.4) is 0 Å². The molecular formula is C24H30NOP. The number of nitrogens with zero attached hydrogens (tertiary/aromatic N) is 1. The molecule has 2 fully saturated rings. The van der Waals surface area contributed by atoms with Crippen LogP contribution >= 0.6 is 7.92 Å². The molecule has 2 bridgehead atoms. The van der Waals surface area contributed by atoms with E-state index in [9.17, 15) is 4.79 Å². The summed E-state index contributed by atoms with van der Waals surface area (Å²) in [6, 6.07) is 22.7. The first kappa shape index (κ1) is 18.7. The number of amides is 1. The van der Waals surface area contributed by atoms with Gasteiger partial charge in [-0.15, -0.1) is 0 Å². The van der Waals surface area contributed by atoms with Crippen molar-refractivity contribution in [1.82, 2.24) is 4.90 Å². The summed E-state index contributed by atoms with van der Waals surface area (Å²) in [5, 5.41) is 2.84. The van der Waals surface area contributed by atoms with Gasteiger partial charge in [0.25, 0.3) is 0 Å². The third-order valence-electron chi connectivity index (χ3n) is 6.12. The van der Waals surface area contributed by atoms with E-state index in [2.05, 4.69) is 86.3 Å². The molecule has 1 amide bonds. The highest BCUT2D eigenvalue weighted by atomic mass is 31.1. The Balaban J connectivity index is 1.67. The van der Waals surface area contributed by atoms with Crippen molar-refractivity contribution < 1.29 is 4.79 Å². The number of benzene rings is 2. The van der Waals surface area contributed by atoms with Gasteiger partial charge in [-0.2, -0.15) is 0 Å². The molecule has 2 nitrogen and oxygen atoms in total. The Morgan fingerprint density at radius 1 is 0.963 bits per heavy atom. The molecule has 1 heterocycles. The molecular weight excluding hydrogens is 349 g/mol. The van der Waals surface area contributed by atoms with Crippen LogP contribution in [-0.4, -0.2) is 29.1 Å². The van der Waals surface area contributed by atoms with Gasteiger partial charge in [-0.3, -0.25) is 4.79 Å². The summed E-state index contributed by atoms with van der Waals surface area (Å²) in [7, 11) is -0.455. The van der Waals surface area contributed by atoms with Gasteiger partial charge in [0.15, 0.2) is 0 Å². The number of piperidine rings is 1. The van der Waals surface area contributed by atoms with E-state index in [1.807, 2.05) is 0 Å². The lowest BCUT2D eigenvalue weighted by Crippen LogP contribution is -2.51. The summed E-state index contributed by atoms with van der Waals surface area (Å²) in [5.41, 5.74) is -0.301. The molecule has 1 aliphatic heterocycles. The van der Waals surface area contributed by atoms with E-state index < -0.39 is 7.92 Å². The molecule has 3 heteroatoms. The van der Waals surface area contributed by atoms with Gasteiger partial charge in [-0.05, 0) is 49.9 Å². The molecule has 1 saturated heterocycles. The predicted octanol–water partition coefficient (Wildman–Crippen LogP) is 4.54. The largest absolute Gasteiger partial charge is 0.336 e. The van der Waals surface area contributed by atoms with Crippen molar-refractivity contribution in [3.63, 3.8) is 0 Å². The van der Waals surface area contributed by atoms with Crippen LogP contribution in [0.2, 0.25) is 0 Å². The molecule has 2 aromatic rings. The number of hydrogen-bond donors (Lipinski definition) is 0. The highest BCUT2D eigenvalue weighted by molar-refractivity contribution is 7.73. The number of likely N-dealkylation sites (tertiary alicyclic amines) is 1. The zero-order chi connectivity index (χ0) is 19.0. The third kappa shape index (κ3) is 3.69. The van der Waals surface area contributed by atoms with E-state index >= 15 is 0 Å². The number of fused-ring (bicyclic) bond motifs is 2. The predicted molar refractivity (Wildman–Crippen MR) is 115 cm³/mol. The Morgan fingerprint density at radius 3 is 2.04 bits per heavy atom. The van der Waals surface area contributed by atoms with Crippen molar-refractivity contribution in [2.24, 2.45) is 11.3 Å². The Morgan fingerprint density at radius 2 is 1.52 bits per heavy atom. The summed E-state index contributed by atoms with van der Waals surface area (Å²) in [6.07, 6.45) is 4.78. The number of rotatable bonds is 4. The average Bonchev–Trinajstić information content (AvgIpc) is 3.27.